The van der Waals surface area contributed by atoms with E-state index in [9.17, 15) is 4.79 Å². The van der Waals surface area contributed by atoms with E-state index in [0.717, 1.165) is 38.9 Å². The Morgan fingerprint density at radius 2 is 2.00 bits per heavy atom. The van der Waals surface area contributed by atoms with E-state index in [1.165, 1.54) is 6.08 Å². The fourth-order valence-corrected chi connectivity index (χ4v) is 0.848. The van der Waals surface area contributed by atoms with Crippen molar-refractivity contribution in [3.8, 4) is 0 Å². The largest absolute Gasteiger partial charge is 0.330 e. The number of rotatable bonds is 8. The molecule has 0 unspecified atom stereocenters. The van der Waals surface area contributed by atoms with Crippen LogP contribution in [-0.4, -0.2) is 32.3 Å². The second kappa shape index (κ2) is 10.3. The fourth-order valence-electron chi connectivity index (χ4n) is 0.848. The van der Waals surface area contributed by atoms with Gasteiger partial charge in [0.2, 0.25) is 6.08 Å². The number of carbonyl (C=O) groups excluding carboxylic acids is 1. The summed E-state index contributed by atoms with van der Waals surface area (Å²) in [4.78, 5) is 13.1. The number of unbranched alkanes of at least 4 members (excludes halogenated alkanes) is 1. The third-order valence-corrected chi connectivity index (χ3v) is 1.50. The Morgan fingerprint density at radius 1 is 1.25 bits per heavy atom. The average molecular weight is 171 g/mol. The molecular formula is C8H17N3O. The second-order valence-electron chi connectivity index (χ2n) is 2.57. The van der Waals surface area contributed by atoms with E-state index in [1.807, 2.05) is 0 Å². The molecular weight excluding hydrogens is 154 g/mol. The van der Waals surface area contributed by atoms with Crippen LogP contribution in [0.4, 0.5) is 0 Å². The molecule has 0 amide bonds. The molecule has 0 heterocycles. The van der Waals surface area contributed by atoms with E-state index in [1.54, 1.807) is 0 Å². The molecule has 4 nitrogen and oxygen atoms in total. The molecule has 0 aromatic carbocycles. The molecule has 4 heteroatoms. The maximum absolute atomic E-state index is 9.65. The predicted octanol–water partition coefficient (Wildman–Crippen LogP) is 0.0408. The molecule has 0 aliphatic rings. The second-order valence-corrected chi connectivity index (χ2v) is 2.57. The molecule has 0 saturated carbocycles. The Hall–Kier alpha value is -0.700. The molecule has 0 aliphatic heterocycles. The number of hydrogen-bond donors (Lipinski definition) is 2. The maximum atomic E-state index is 9.65. The molecule has 0 rings (SSSR count). The molecule has 0 aliphatic carbocycles. The zero-order valence-corrected chi connectivity index (χ0v) is 7.38. The highest BCUT2D eigenvalue weighted by atomic mass is 16.1. The SMILES string of the molecule is NCCCCNCCCN=C=O. The lowest BCUT2D eigenvalue weighted by atomic mass is 10.3. The monoisotopic (exact) mass is 171 g/mol. The standard InChI is InChI=1S/C8H17N3O/c9-4-1-2-5-10-6-3-7-11-8-12/h10H,1-7,9H2. The van der Waals surface area contributed by atoms with Gasteiger partial charge in [0.15, 0.2) is 0 Å². The van der Waals surface area contributed by atoms with Crippen molar-refractivity contribution in [3.05, 3.63) is 0 Å². The molecule has 70 valence electrons. The summed E-state index contributed by atoms with van der Waals surface area (Å²) in [5.41, 5.74) is 5.32. The number of hydrogen-bond acceptors (Lipinski definition) is 4. The Morgan fingerprint density at radius 3 is 2.67 bits per heavy atom. The minimum absolute atomic E-state index is 0.577. The summed E-state index contributed by atoms with van der Waals surface area (Å²) in [6, 6.07) is 0. The highest BCUT2D eigenvalue weighted by molar-refractivity contribution is 5.32. The summed E-state index contributed by atoms with van der Waals surface area (Å²) >= 11 is 0. The topological polar surface area (TPSA) is 67.5 Å². The summed E-state index contributed by atoms with van der Waals surface area (Å²) in [7, 11) is 0. The van der Waals surface area contributed by atoms with Crippen molar-refractivity contribution in [2.45, 2.75) is 19.3 Å². The molecule has 0 atom stereocenters. The van der Waals surface area contributed by atoms with Crippen LogP contribution < -0.4 is 11.1 Å². The van der Waals surface area contributed by atoms with Gasteiger partial charge in [-0.15, -0.1) is 0 Å². The lowest BCUT2D eigenvalue weighted by Crippen LogP contribution is -2.18. The van der Waals surface area contributed by atoms with Crippen LogP contribution in [0.3, 0.4) is 0 Å². The Bertz CT molecular complexity index is 132. The van der Waals surface area contributed by atoms with E-state index in [-0.39, 0.29) is 0 Å². The molecule has 0 spiro atoms. The van der Waals surface area contributed by atoms with Gasteiger partial charge in [-0.25, -0.2) is 9.79 Å². The average Bonchev–Trinajstić information content (AvgIpc) is 2.10. The predicted molar refractivity (Wildman–Crippen MR) is 48.8 cm³/mol. The van der Waals surface area contributed by atoms with Gasteiger partial charge in [0, 0.05) is 0 Å². The van der Waals surface area contributed by atoms with Gasteiger partial charge in [-0.1, -0.05) is 0 Å². The number of nitrogens with two attached hydrogens (primary N) is 1. The highest BCUT2D eigenvalue weighted by Gasteiger charge is 1.87. The Balaban J connectivity index is 2.86. The normalized spacial score (nSPS) is 9.42. The lowest BCUT2D eigenvalue weighted by molar-refractivity contribution is 0.560. The van der Waals surface area contributed by atoms with E-state index in [4.69, 9.17) is 5.73 Å². The Labute approximate surface area is 73.2 Å². The van der Waals surface area contributed by atoms with Crippen LogP contribution in [0.15, 0.2) is 4.99 Å². The van der Waals surface area contributed by atoms with Gasteiger partial charge in [-0.2, -0.15) is 0 Å². The molecule has 3 N–H and O–H groups in total. The van der Waals surface area contributed by atoms with Crippen molar-refractivity contribution in [3.63, 3.8) is 0 Å². The first-order valence-electron chi connectivity index (χ1n) is 4.36. The van der Waals surface area contributed by atoms with Crippen LogP contribution in [0.5, 0.6) is 0 Å². The van der Waals surface area contributed by atoms with Gasteiger partial charge in [0.25, 0.3) is 0 Å². The van der Waals surface area contributed by atoms with E-state index < -0.39 is 0 Å². The van der Waals surface area contributed by atoms with Crippen LogP contribution in [0, 0.1) is 0 Å². The number of nitrogens with one attached hydrogen (secondary N) is 1. The zero-order chi connectivity index (χ0) is 9.07. The molecule has 0 radical (unpaired) electrons. The van der Waals surface area contributed by atoms with Crippen LogP contribution in [0.25, 0.3) is 0 Å². The van der Waals surface area contributed by atoms with Crippen LogP contribution in [0.1, 0.15) is 19.3 Å². The molecule has 12 heavy (non-hydrogen) atoms. The summed E-state index contributed by atoms with van der Waals surface area (Å²) in [6.45, 7) is 3.25. The first kappa shape index (κ1) is 11.3. The van der Waals surface area contributed by atoms with Crippen molar-refractivity contribution in [1.82, 2.24) is 5.32 Å². The highest BCUT2D eigenvalue weighted by Crippen LogP contribution is 1.83. The van der Waals surface area contributed by atoms with Gasteiger partial charge in [-0.3, -0.25) is 0 Å². The smallest absolute Gasteiger partial charge is 0.234 e. The lowest BCUT2D eigenvalue weighted by Gasteiger charge is -2.01. The quantitative estimate of drug-likeness (QED) is 0.308. The molecule has 0 aromatic rings. The minimum atomic E-state index is 0.577. The van der Waals surface area contributed by atoms with Gasteiger partial charge < -0.3 is 11.1 Å². The van der Waals surface area contributed by atoms with Crippen molar-refractivity contribution in [2.24, 2.45) is 10.7 Å². The van der Waals surface area contributed by atoms with Crippen LogP contribution >= 0.6 is 0 Å². The molecule has 0 fully saturated rings. The first-order valence-corrected chi connectivity index (χ1v) is 4.36. The van der Waals surface area contributed by atoms with Gasteiger partial charge in [0.1, 0.15) is 0 Å². The summed E-state index contributed by atoms with van der Waals surface area (Å²) in [5.74, 6) is 0. The minimum Gasteiger partial charge on any atom is -0.330 e. The van der Waals surface area contributed by atoms with Crippen LogP contribution in [0.2, 0.25) is 0 Å². The number of isocyanates is 1. The number of nitrogens with zero attached hydrogens (tertiary/aromatic N) is 1. The van der Waals surface area contributed by atoms with E-state index in [0.29, 0.717) is 6.54 Å². The number of aliphatic imine (C=N–C) groups is 1. The summed E-state index contributed by atoms with van der Waals surface area (Å²) < 4.78 is 0. The van der Waals surface area contributed by atoms with Crippen molar-refractivity contribution < 1.29 is 4.79 Å². The molecule has 0 bridgehead atoms. The van der Waals surface area contributed by atoms with Gasteiger partial charge in [0.05, 0.1) is 6.54 Å². The van der Waals surface area contributed by atoms with Crippen molar-refractivity contribution >= 4 is 6.08 Å². The zero-order valence-electron chi connectivity index (χ0n) is 7.38. The van der Waals surface area contributed by atoms with Crippen LogP contribution in [-0.2, 0) is 4.79 Å². The maximum Gasteiger partial charge on any atom is 0.234 e. The van der Waals surface area contributed by atoms with Crippen molar-refractivity contribution in [1.29, 1.82) is 0 Å². The summed E-state index contributed by atoms with van der Waals surface area (Å²) in [6.07, 6.45) is 4.60. The summed E-state index contributed by atoms with van der Waals surface area (Å²) in [5, 5.41) is 3.23. The molecule has 0 aromatic heterocycles. The fraction of sp³-hybridized carbons (Fsp3) is 0.875. The third kappa shape index (κ3) is 9.30. The van der Waals surface area contributed by atoms with Crippen molar-refractivity contribution in [2.75, 3.05) is 26.2 Å². The Kier molecular flexibility index (Phi) is 9.70. The van der Waals surface area contributed by atoms with Gasteiger partial charge in [-0.05, 0) is 38.9 Å². The first-order chi connectivity index (χ1) is 5.91. The van der Waals surface area contributed by atoms with E-state index in [2.05, 4.69) is 10.3 Å². The van der Waals surface area contributed by atoms with E-state index >= 15 is 0 Å². The molecule has 0 saturated heterocycles. The third-order valence-electron chi connectivity index (χ3n) is 1.50. The van der Waals surface area contributed by atoms with Gasteiger partial charge >= 0.3 is 0 Å².